The van der Waals surface area contributed by atoms with E-state index in [0.717, 1.165) is 18.4 Å². The summed E-state index contributed by atoms with van der Waals surface area (Å²) in [5.41, 5.74) is 2.40. The molecule has 134 valence electrons. The van der Waals surface area contributed by atoms with E-state index in [1.165, 1.54) is 67.5 Å². The third kappa shape index (κ3) is 3.04. The fraction of sp³-hybridized carbons (Fsp3) is 0.409. The van der Waals surface area contributed by atoms with Gasteiger partial charge >= 0.3 is 0 Å². The maximum atomic E-state index is 4.67. The molecule has 26 heavy (non-hydrogen) atoms. The Labute approximate surface area is 154 Å². The number of imidazole rings is 1. The van der Waals surface area contributed by atoms with Crippen molar-refractivity contribution < 1.29 is 0 Å². The van der Waals surface area contributed by atoms with E-state index in [2.05, 4.69) is 62.2 Å². The second-order valence-electron chi connectivity index (χ2n) is 7.68. The van der Waals surface area contributed by atoms with Crippen molar-refractivity contribution in [2.75, 3.05) is 26.2 Å². The third-order valence-electron chi connectivity index (χ3n) is 6.07. The molecule has 2 fully saturated rings. The predicted molar refractivity (Wildman–Crippen MR) is 106 cm³/mol. The molecule has 2 aliphatic rings. The minimum atomic E-state index is 0.877. The van der Waals surface area contributed by atoms with Gasteiger partial charge in [0.2, 0.25) is 0 Å². The molecule has 1 saturated heterocycles. The average molecular weight is 346 g/mol. The van der Waals surface area contributed by atoms with Gasteiger partial charge in [0.1, 0.15) is 5.82 Å². The number of hydrogen-bond acceptors (Lipinski definition) is 3. The van der Waals surface area contributed by atoms with Gasteiger partial charge in [0.05, 0.1) is 0 Å². The number of H-pyrrole nitrogens is 1. The lowest BCUT2D eigenvalue weighted by Crippen LogP contribution is -2.51. The monoisotopic (exact) mass is 346 g/mol. The Morgan fingerprint density at radius 2 is 1.77 bits per heavy atom. The van der Waals surface area contributed by atoms with Gasteiger partial charge in [0.25, 0.3) is 0 Å². The van der Waals surface area contributed by atoms with Gasteiger partial charge in [-0.15, -0.1) is 0 Å². The first-order chi connectivity index (χ1) is 12.9. The Hall–Kier alpha value is -2.17. The van der Waals surface area contributed by atoms with Crippen molar-refractivity contribution in [1.82, 2.24) is 19.8 Å². The summed E-state index contributed by atoms with van der Waals surface area (Å²) >= 11 is 0. The van der Waals surface area contributed by atoms with Crippen LogP contribution in [0.5, 0.6) is 0 Å². The van der Waals surface area contributed by atoms with Crippen LogP contribution in [0.25, 0.3) is 22.2 Å². The summed E-state index contributed by atoms with van der Waals surface area (Å²) in [6, 6.07) is 15.8. The zero-order valence-electron chi connectivity index (χ0n) is 15.2. The van der Waals surface area contributed by atoms with Gasteiger partial charge in [-0.2, -0.15) is 0 Å². The lowest BCUT2D eigenvalue weighted by atomic mass is 9.91. The highest BCUT2D eigenvalue weighted by Crippen LogP contribution is 2.27. The molecule has 4 nitrogen and oxygen atoms in total. The maximum absolute atomic E-state index is 4.67. The Morgan fingerprint density at radius 1 is 0.962 bits per heavy atom. The predicted octanol–water partition coefficient (Wildman–Crippen LogP) is 3.90. The molecule has 2 heterocycles. The van der Waals surface area contributed by atoms with E-state index >= 15 is 0 Å². The standard InChI is InChI=1S/C22H26N4/c1-2-9-20-17(5-1)6-3-10-21(20)22-23-15-18(24-22)16-25-11-13-26(14-12-25)19-7-4-8-19/h1-3,5-6,9-10,15,19H,4,7-8,11-14,16H2,(H,23,24). The van der Waals surface area contributed by atoms with E-state index in [0.29, 0.717) is 0 Å². The molecule has 1 aliphatic carbocycles. The molecule has 0 atom stereocenters. The molecule has 0 unspecified atom stereocenters. The number of benzene rings is 2. The lowest BCUT2D eigenvalue weighted by Gasteiger charge is -2.42. The summed E-state index contributed by atoms with van der Waals surface area (Å²) in [5, 5.41) is 2.51. The number of rotatable bonds is 4. The van der Waals surface area contributed by atoms with Gasteiger partial charge in [-0.1, -0.05) is 48.9 Å². The van der Waals surface area contributed by atoms with Crippen molar-refractivity contribution in [2.24, 2.45) is 0 Å². The highest BCUT2D eigenvalue weighted by atomic mass is 15.3. The molecule has 5 rings (SSSR count). The summed E-state index contributed by atoms with van der Waals surface area (Å²) in [5.74, 6) is 0.977. The first-order valence-corrected chi connectivity index (χ1v) is 9.85. The van der Waals surface area contributed by atoms with E-state index in [4.69, 9.17) is 0 Å². The molecule has 4 heteroatoms. The van der Waals surface area contributed by atoms with E-state index in [-0.39, 0.29) is 0 Å². The van der Waals surface area contributed by atoms with Crippen molar-refractivity contribution in [1.29, 1.82) is 0 Å². The molecular formula is C22H26N4. The largest absolute Gasteiger partial charge is 0.341 e. The lowest BCUT2D eigenvalue weighted by molar-refractivity contribution is 0.0583. The molecule has 1 aromatic heterocycles. The number of nitrogens with one attached hydrogen (secondary N) is 1. The van der Waals surface area contributed by atoms with Crippen molar-refractivity contribution in [3.8, 4) is 11.4 Å². The Bertz CT molecular complexity index is 883. The van der Waals surface area contributed by atoms with E-state index < -0.39 is 0 Å². The molecule has 0 bridgehead atoms. The normalized spacial score (nSPS) is 19.7. The highest BCUT2D eigenvalue weighted by molar-refractivity contribution is 5.95. The van der Waals surface area contributed by atoms with Gasteiger partial charge in [-0.25, -0.2) is 4.98 Å². The fourth-order valence-corrected chi connectivity index (χ4v) is 4.29. The molecule has 3 aromatic rings. The fourth-order valence-electron chi connectivity index (χ4n) is 4.29. The van der Waals surface area contributed by atoms with Crippen LogP contribution in [-0.4, -0.2) is 52.0 Å². The highest BCUT2D eigenvalue weighted by Gasteiger charge is 2.27. The maximum Gasteiger partial charge on any atom is 0.138 e. The van der Waals surface area contributed by atoms with Gasteiger partial charge < -0.3 is 4.98 Å². The topological polar surface area (TPSA) is 35.2 Å². The molecule has 0 spiro atoms. The smallest absolute Gasteiger partial charge is 0.138 e. The van der Waals surface area contributed by atoms with E-state index in [1.54, 1.807) is 0 Å². The van der Waals surface area contributed by atoms with Crippen LogP contribution in [-0.2, 0) is 6.54 Å². The second-order valence-corrected chi connectivity index (χ2v) is 7.68. The van der Waals surface area contributed by atoms with Crippen LogP contribution in [0.15, 0.2) is 48.7 Å². The molecule has 1 saturated carbocycles. The second kappa shape index (κ2) is 6.86. The third-order valence-corrected chi connectivity index (χ3v) is 6.07. The SMILES string of the molecule is c1ccc2c(-c3ncc(CN4CCN(C5CCC5)CC4)[nH]3)cccc2c1. The van der Waals surface area contributed by atoms with Gasteiger partial charge in [0.15, 0.2) is 0 Å². The zero-order valence-corrected chi connectivity index (χ0v) is 15.2. The van der Waals surface area contributed by atoms with Crippen molar-refractivity contribution >= 4 is 10.8 Å². The van der Waals surface area contributed by atoms with Gasteiger partial charge in [0, 0.05) is 56.2 Å². The van der Waals surface area contributed by atoms with Crippen LogP contribution >= 0.6 is 0 Å². The minimum absolute atomic E-state index is 0.877. The number of aromatic nitrogens is 2. The van der Waals surface area contributed by atoms with Crippen molar-refractivity contribution in [2.45, 2.75) is 31.8 Å². The zero-order chi connectivity index (χ0) is 17.3. The van der Waals surface area contributed by atoms with Crippen LogP contribution in [0.1, 0.15) is 25.0 Å². The summed E-state index contributed by atoms with van der Waals surface area (Å²) in [4.78, 5) is 13.5. The number of fused-ring (bicyclic) bond motifs is 1. The van der Waals surface area contributed by atoms with E-state index in [9.17, 15) is 0 Å². The van der Waals surface area contributed by atoms with Crippen LogP contribution in [0.2, 0.25) is 0 Å². The molecule has 2 aromatic carbocycles. The quantitative estimate of drug-likeness (QED) is 0.778. The van der Waals surface area contributed by atoms with Crippen LogP contribution in [0.3, 0.4) is 0 Å². The van der Waals surface area contributed by atoms with Crippen LogP contribution < -0.4 is 0 Å². The van der Waals surface area contributed by atoms with Crippen molar-refractivity contribution in [3.63, 3.8) is 0 Å². The Kier molecular flexibility index (Phi) is 4.23. The summed E-state index contributed by atoms with van der Waals surface area (Å²) in [6.07, 6.45) is 6.26. The van der Waals surface area contributed by atoms with Crippen molar-refractivity contribution in [3.05, 3.63) is 54.4 Å². The molecule has 0 amide bonds. The number of hydrogen-bond donors (Lipinski definition) is 1. The van der Waals surface area contributed by atoms with Crippen LogP contribution in [0, 0.1) is 0 Å². The summed E-state index contributed by atoms with van der Waals surface area (Å²) in [7, 11) is 0. The summed E-state index contributed by atoms with van der Waals surface area (Å²) < 4.78 is 0. The van der Waals surface area contributed by atoms with Gasteiger partial charge in [-0.05, 0) is 23.6 Å². The van der Waals surface area contributed by atoms with Gasteiger partial charge in [-0.3, -0.25) is 9.80 Å². The first kappa shape index (κ1) is 16.0. The Balaban J connectivity index is 1.28. The Morgan fingerprint density at radius 3 is 2.58 bits per heavy atom. The number of aromatic amines is 1. The summed E-state index contributed by atoms with van der Waals surface area (Å²) in [6.45, 7) is 5.73. The molecule has 0 radical (unpaired) electrons. The number of nitrogens with zero attached hydrogens (tertiary/aromatic N) is 3. The number of piperazine rings is 1. The average Bonchev–Trinajstić information content (AvgIpc) is 3.10. The van der Waals surface area contributed by atoms with Crippen LogP contribution in [0.4, 0.5) is 0 Å². The first-order valence-electron chi connectivity index (χ1n) is 9.85. The molecule has 1 N–H and O–H groups in total. The van der Waals surface area contributed by atoms with E-state index in [1.807, 2.05) is 6.20 Å². The minimum Gasteiger partial charge on any atom is -0.341 e. The molecule has 1 aliphatic heterocycles. The molecular weight excluding hydrogens is 320 g/mol.